The highest BCUT2D eigenvalue weighted by molar-refractivity contribution is 5.80. The van der Waals surface area contributed by atoms with Gasteiger partial charge in [0.2, 0.25) is 0 Å². The van der Waals surface area contributed by atoms with Gasteiger partial charge in [-0.3, -0.25) is 0 Å². The van der Waals surface area contributed by atoms with Crippen molar-refractivity contribution in [2.24, 2.45) is 0 Å². The molecule has 0 aliphatic heterocycles. The van der Waals surface area contributed by atoms with Crippen molar-refractivity contribution in [1.29, 1.82) is 0 Å². The van der Waals surface area contributed by atoms with Gasteiger partial charge in [-0.1, -0.05) is 42.7 Å². The zero-order valence-electron chi connectivity index (χ0n) is 14.8. The summed E-state index contributed by atoms with van der Waals surface area (Å²) in [5, 5.41) is 18.9. The van der Waals surface area contributed by atoms with E-state index < -0.39 is 5.97 Å². The first kappa shape index (κ1) is 21.0. The Morgan fingerprint density at radius 1 is 0.957 bits per heavy atom. The average molecular weight is 318 g/mol. The highest BCUT2D eigenvalue weighted by Gasteiger charge is 2.00. The van der Waals surface area contributed by atoms with Crippen molar-refractivity contribution in [3.8, 4) is 0 Å². The van der Waals surface area contributed by atoms with E-state index in [0.717, 1.165) is 31.8 Å². The van der Waals surface area contributed by atoms with Gasteiger partial charge in [0.05, 0.1) is 0 Å². The Kier molecular flexibility index (Phi) is 11.4. The first-order valence-corrected chi connectivity index (χ1v) is 8.15. The van der Waals surface area contributed by atoms with Crippen LogP contribution in [0.4, 0.5) is 0 Å². The Labute approximate surface area is 140 Å². The van der Waals surface area contributed by atoms with E-state index in [1.807, 2.05) is 12.2 Å². The fourth-order valence-corrected chi connectivity index (χ4v) is 1.87. The van der Waals surface area contributed by atoms with Gasteiger partial charge in [-0.15, -0.1) is 0 Å². The molecule has 0 bridgehead atoms. The Bertz CT molecular complexity index is 513. The maximum atomic E-state index is 10.7. The van der Waals surface area contributed by atoms with Crippen molar-refractivity contribution in [3.05, 3.63) is 58.9 Å². The van der Waals surface area contributed by atoms with Crippen LogP contribution >= 0.6 is 0 Å². The van der Waals surface area contributed by atoms with E-state index in [0.29, 0.717) is 12.0 Å². The maximum Gasteiger partial charge on any atom is 0.328 e. The molecule has 3 nitrogen and oxygen atoms in total. The Balaban J connectivity index is 4.98. The lowest BCUT2D eigenvalue weighted by Gasteiger charge is -2.03. The average Bonchev–Trinajstić information content (AvgIpc) is 2.46. The molecule has 0 aromatic heterocycles. The quantitative estimate of drug-likeness (QED) is 0.229. The van der Waals surface area contributed by atoms with Gasteiger partial charge in [0, 0.05) is 6.08 Å². The molecule has 0 rings (SSSR count). The van der Waals surface area contributed by atoms with Crippen molar-refractivity contribution in [1.82, 2.24) is 0 Å². The van der Waals surface area contributed by atoms with Crippen LogP contribution in [-0.4, -0.2) is 16.2 Å². The van der Waals surface area contributed by atoms with Gasteiger partial charge in [-0.05, 0) is 64.2 Å². The van der Waals surface area contributed by atoms with E-state index in [1.165, 1.54) is 17.2 Å². The SMILES string of the molecule is CCC/C=C/C(O)=C(\C=C\C(=O)O)C/C=C(\C)CCC=C(C)C. The van der Waals surface area contributed by atoms with Crippen molar-refractivity contribution < 1.29 is 15.0 Å². The van der Waals surface area contributed by atoms with E-state index in [9.17, 15) is 9.90 Å². The zero-order chi connectivity index (χ0) is 17.7. The number of aliphatic carboxylic acids is 1. The topological polar surface area (TPSA) is 57.5 Å². The molecule has 0 fully saturated rings. The number of aliphatic hydroxyl groups is 1. The van der Waals surface area contributed by atoms with Gasteiger partial charge in [0.25, 0.3) is 0 Å². The third-order valence-electron chi connectivity index (χ3n) is 3.25. The van der Waals surface area contributed by atoms with Gasteiger partial charge in [-0.2, -0.15) is 0 Å². The van der Waals surface area contributed by atoms with Crippen LogP contribution in [-0.2, 0) is 4.79 Å². The molecule has 0 unspecified atom stereocenters. The molecule has 0 atom stereocenters. The first-order chi connectivity index (χ1) is 10.9. The zero-order valence-corrected chi connectivity index (χ0v) is 14.8. The number of carboxylic acid groups (broad SMARTS) is 1. The molecule has 0 radical (unpaired) electrons. The third kappa shape index (κ3) is 12.2. The summed E-state index contributed by atoms with van der Waals surface area (Å²) in [6.07, 6.45) is 14.7. The first-order valence-electron chi connectivity index (χ1n) is 8.15. The van der Waals surface area contributed by atoms with E-state index in [1.54, 1.807) is 6.08 Å². The fourth-order valence-electron chi connectivity index (χ4n) is 1.87. The highest BCUT2D eigenvalue weighted by atomic mass is 16.4. The summed E-state index contributed by atoms with van der Waals surface area (Å²) >= 11 is 0. The predicted molar refractivity (Wildman–Crippen MR) is 97.5 cm³/mol. The van der Waals surface area contributed by atoms with Gasteiger partial charge >= 0.3 is 5.97 Å². The summed E-state index contributed by atoms with van der Waals surface area (Å²) in [6, 6.07) is 0. The molecule has 128 valence electrons. The lowest BCUT2D eigenvalue weighted by atomic mass is 10.0. The third-order valence-corrected chi connectivity index (χ3v) is 3.25. The molecule has 2 N–H and O–H groups in total. The molecule has 0 heterocycles. The maximum absolute atomic E-state index is 10.7. The van der Waals surface area contributed by atoms with E-state index >= 15 is 0 Å². The molecule has 0 aromatic rings. The number of allylic oxidation sites excluding steroid dienone is 8. The van der Waals surface area contributed by atoms with Crippen LogP contribution in [0.1, 0.15) is 59.8 Å². The molecule has 23 heavy (non-hydrogen) atoms. The van der Waals surface area contributed by atoms with Crippen LogP contribution in [0.5, 0.6) is 0 Å². The monoisotopic (exact) mass is 318 g/mol. The smallest absolute Gasteiger partial charge is 0.328 e. The van der Waals surface area contributed by atoms with Crippen molar-refractivity contribution in [2.75, 3.05) is 0 Å². The van der Waals surface area contributed by atoms with Crippen molar-refractivity contribution >= 4 is 5.97 Å². The summed E-state index contributed by atoms with van der Waals surface area (Å²) in [4.78, 5) is 10.7. The molecule has 0 aromatic carbocycles. The molecule has 0 aliphatic carbocycles. The van der Waals surface area contributed by atoms with Crippen LogP contribution in [0, 0.1) is 0 Å². The molecule has 0 amide bonds. The summed E-state index contributed by atoms with van der Waals surface area (Å²) < 4.78 is 0. The number of aliphatic hydroxyl groups excluding tert-OH is 1. The number of carboxylic acids is 1. The Morgan fingerprint density at radius 3 is 2.22 bits per heavy atom. The second kappa shape index (κ2) is 12.5. The van der Waals surface area contributed by atoms with Crippen molar-refractivity contribution in [2.45, 2.75) is 59.8 Å². The van der Waals surface area contributed by atoms with E-state index in [-0.39, 0.29) is 5.76 Å². The minimum atomic E-state index is -1.02. The van der Waals surface area contributed by atoms with E-state index in [2.05, 4.69) is 33.8 Å². The van der Waals surface area contributed by atoms with Crippen molar-refractivity contribution in [3.63, 3.8) is 0 Å². The number of hydrogen-bond donors (Lipinski definition) is 2. The predicted octanol–water partition coefficient (Wildman–Crippen LogP) is 5.88. The minimum Gasteiger partial charge on any atom is -0.508 e. The number of hydrogen-bond acceptors (Lipinski definition) is 2. The van der Waals surface area contributed by atoms with Gasteiger partial charge in [-0.25, -0.2) is 4.79 Å². The van der Waals surface area contributed by atoms with Crippen LogP contribution in [0.3, 0.4) is 0 Å². The molecule has 0 saturated heterocycles. The van der Waals surface area contributed by atoms with Crippen LogP contribution in [0.25, 0.3) is 0 Å². The lowest BCUT2D eigenvalue weighted by Crippen LogP contribution is -1.91. The van der Waals surface area contributed by atoms with Crippen LogP contribution in [0.2, 0.25) is 0 Å². The second-order valence-electron chi connectivity index (χ2n) is 5.85. The Hall–Kier alpha value is -2.03. The summed E-state index contributed by atoms with van der Waals surface area (Å²) in [5.74, 6) is -0.888. The second-order valence-corrected chi connectivity index (χ2v) is 5.85. The standard InChI is InChI=1S/C20H30O3/c1-5-6-7-11-19(21)18(14-15-20(22)23)13-12-17(4)10-8-9-16(2)3/h7,9,11-12,14-15,21H,5-6,8,10,13H2,1-4H3,(H,22,23)/b11-7+,15-14+,17-12+,19-18+. The lowest BCUT2D eigenvalue weighted by molar-refractivity contribution is -0.131. The molecule has 0 aliphatic rings. The van der Waals surface area contributed by atoms with Gasteiger partial charge in [0.15, 0.2) is 0 Å². The summed E-state index contributed by atoms with van der Waals surface area (Å²) in [6.45, 7) is 8.28. The van der Waals surface area contributed by atoms with Gasteiger partial charge < -0.3 is 10.2 Å². The van der Waals surface area contributed by atoms with E-state index in [4.69, 9.17) is 5.11 Å². The largest absolute Gasteiger partial charge is 0.508 e. The molecular formula is C20H30O3. The van der Waals surface area contributed by atoms with Crippen LogP contribution in [0.15, 0.2) is 58.9 Å². The fraction of sp³-hybridized carbons (Fsp3) is 0.450. The molecular weight excluding hydrogens is 288 g/mol. The minimum absolute atomic E-state index is 0.129. The normalized spacial score (nSPS) is 13.5. The number of rotatable bonds is 10. The molecule has 3 heteroatoms. The number of unbranched alkanes of at least 4 members (excludes halogenated alkanes) is 1. The summed E-state index contributed by atoms with van der Waals surface area (Å²) in [7, 11) is 0. The molecule has 0 spiro atoms. The Morgan fingerprint density at radius 2 is 1.65 bits per heavy atom. The number of carbonyl (C=O) groups is 1. The van der Waals surface area contributed by atoms with Gasteiger partial charge in [0.1, 0.15) is 5.76 Å². The van der Waals surface area contributed by atoms with Crippen LogP contribution < -0.4 is 0 Å². The molecule has 0 saturated carbocycles. The summed E-state index contributed by atoms with van der Waals surface area (Å²) in [5.41, 5.74) is 3.15. The highest BCUT2D eigenvalue weighted by Crippen LogP contribution is 2.15.